The van der Waals surface area contributed by atoms with Crippen molar-refractivity contribution in [3.8, 4) is 17.6 Å². The minimum atomic E-state index is -3.99. The van der Waals surface area contributed by atoms with E-state index in [0.717, 1.165) is 0 Å². The number of carbonyl (C=O) groups is 1. The van der Waals surface area contributed by atoms with Gasteiger partial charge in [0.25, 0.3) is 15.9 Å². The second-order valence-corrected chi connectivity index (χ2v) is 7.19. The molecule has 0 atom stereocenters. The molecule has 27 heavy (non-hydrogen) atoms. The maximum absolute atomic E-state index is 12.7. The summed E-state index contributed by atoms with van der Waals surface area (Å²) in [6.07, 6.45) is 0. The predicted octanol–water partition coefficient (Wildman–Crippen LogP) is 2.02. The average Bonchev–Trinajstić information content (AvgIpc) is 2.63. The van der Waals surface area contributed by atoms with E-state index in [1.807, 2.05) is 0 Å². The van der Waals surface area contributed by atoms with Crippen LogP contribution in [0.1, 0.15) is 28.7 Å². The van der Waals surface area contributed by atoms with E-state index >= 15 is 0 Å². The summed E-state index contributed by atoms with van der Waals surface area (Å²) in [5, 5.41) is 8.91. The zero-order valence-corrected chi connectivity index (χ0v) is 15.8. The van der Waals surface area contributed by atoms with Crippen molar-refractivity contribution in [2.24, 2.45) is 0 Å². The lowest BCUT2D eigenvalue weighted by Crippen LogP contribution is -2.23. The molecule has 1 aromatic heterocycles. The van der Waals surface area contributed by atoms with Gasteiger partial charge in [-0.05, 0) is 51.1 Å². The normalized spacial score (nSPS) is 10.5. The lowest BCUT2D eigenvalue weighted by atomic mass is 10.1. The number of nitrogens with zero attached hydrogens (tertiary/aromatic N) is 1. The van der Waals surface area contributed by atoms with Crippen LogP contribution < -0.4 is 14.9 Å². The molecule has 142 valence electrons. The summed E-state index contributed by atoms with van der Waals surface area (Å²) in [6.45, 7) is 5.11. The third-order valence-electron chi connectivity index (χ3n) is 3.53. The molecule has 2 rings (SSSR count). The van der Waals surface area contributed by atoms with Crippen molar-refractivity contribution in [3.05, 3.63) is 47.3 Å². The van der Waals surface area contributed by atoms with E-state index in [-0.39, 0.29) is 22.8 Å². The lowest BCUT2D eigenvalue weighted by Gasteiger charge is -2.15. The number of rotatable bonds is 6. The van der Waals surface area contributed by atoms with E-state index in [1.165, 1.54) is 35.8 Å². The number of ether oxygens (including phenoxy) is 1. The Morgan fingerprint density at radius 2 is 1.93 bits per heavy atom. The third-order valence-corrected chi connectivity index (χ3v) is 4.90. The monoisotopic (exact) mass is 389 g/mol. The first-order valence-corrected chi connectivity index (χ1v) is 9.34. The number of pyridine rings is 1. The SMILES string of the molecule is CC#CCOc1ccc(S(=O)(=O)Nc2c(C(=O)NO)cc(C)nc2C)cc1. The molecule has 0 aliphatic heterocycles. The first kappa shape index (κ1) is 20.2. The van der Waals surface area contributed by atoms with Gasteiger partial charge >= 0.3 is 0 Å². The Kier molecular flexibility index (Phi) is 6.39. The molecule has 0 spiro atoms. The first-order chi connectivity index (χ1) is 12.8. The molecule has 0 saturated carbocycles. The van der Waals surface area contributed by atoms with E-state index in [0.29, 0.717) is 17.1 Å². The number of amides is 1. The molecule has 1 amide bonds. The Labute approximate surface area is 157 Å². The number of sulfonamides is 1. The zero-order valence-electron chi connectivity index (χ0n) is 15.0. The number of benzene rings is 1. The fourth-order valence-electron chi connectivity index (χ4n) is 2.30. The first-order valence-electron chi connectivity index (χ1n) is 7.86. The molecule has 1 heterocycles. The van der Waals surface area contributed by atoms with Crippen LogP contribution >= 0.6 is 0 Å². The third kappa shape index (κ3) is 4.97. The van der Waals surface area contributed by atoms with Gasteiger partial charge in [-0.3, -0.25) is 19.7 Å². The molecule has 0 aliphatic carbocycles. The largest absolute Gasteiger partial charge is 0.481 e. The number of hydroxylamine groups is 1. The van der Waals surface area contributed by atoms with Crippen molar-refractivity contribution in [1.82, 2.24) is 10.5 Å². The quantitative estimate of drug-likeness (QED) is 0.395. The van der Waals surface area contributed by atoms with Gasteiger partial charge in [0.05, 0.1) is 21.8 Å². The van der Waals surface area contributed by atoms with E-state index < -0.39 is 15.9 Å². The molecule has 0 aliphatic rings. The van der Waals surface area contributed by atoms with E-state index in [9.17, 15) is 13.2 Å². The van der Waals surface area contributed by atoms with Gasteiger partial charge in [-0.25, -0.2) is 13.9 Å². The summed E-state index contributed by atoms with van der Waals surface area (Å²) in [5.74, 6) is 5.06. The Morgan fingerprint density at radius 1 is 1.26 bits per heavy atom. The minimum absolute atomic E-state index is 0.00861. The number of hydrogen-bond donors (Lipinski definition) is 3. The molecule has 2 aromatic rings. The smallest absolute Gasteiger partial charge is 0.276 e. The van der Waals surface area contributed by atoms with Crippen molar-refractivity contribution in [2.75, 3.05) is 11.3 Å². The van der Waals surface area contributed by atoms with Crippen molar-refractivity contribution < 1.29 is 23.2 Å². The number of aromatic nitrogens is 1. The van der Waals surface area contributed by atoms with Crippen molar-refractivity contribution in [1.29, 1.82) is 0 Å². The second kappa shape index (κ2) is 8.53. The topological polar surface area (TPSA) is 118 Å². The van der Waals surface area contributed by atoms with Crippen molar-refractivity contribution in [2.45, 2.75) is 25.7 Å². The van der Waals surface area contributed by atoms with E-state index in [4.69, 9.17) is 9.94 Å². The second-order valence-electron chi connectivity index (χ2n) is 5.50. The summed E-state index contributed by atoms with van der Waals surface area (Å²) in [6, 6.07) is 7.14. The molecule has 8 nitrogen and oxygen atoms in total. The van der Waals surface area contributed by atoms with Crippen molar-refractivity contribution in [3.63, 3.8) is 0 Å². The lowest BCUT2D eigenvalue weighted by molar-refractivity contribution is 0.0707. The van der Waals surface area contributed by atoms with Gasteiger partial charge in [0, 0.05) is 5.69 Å². The van der Waals surface area contributed by atoms with Gasteiger partial charge < -0.3 is 4.74 Å². The molecule has 0 radical (unpaired) electrons. The summed E-state index contributed by atoms with van der Waals surface area (Å²) >= 11 is 0. The summed E-state index contributed by atoms with van der Waals surface area (Å²) in [7, 11) is -3.99. The maximum atomic E-state index is 12.7. The number of anilines is 1. The van der Waals surface area contributed by atoms with Crippen molar-refractivity contribution >= 4 is 21.6 Å². The Hall–Kier alpha value is -3.09. The van der Waals surface area contributed by atoms with Crippen LogP contribution in [0.25, 0.3) is 0 Å². The Balaban J connectivity index is 2.33. The van der Waals surface area contributed by atoms with Gasteiger partial charge in [-0.2, -0.15) is 0 Å². The molecule has 0 saturated heterocycles. The molecular formula is C18H19N3O5S. The van der Waals surface area contributed by atoms with E-state index in [2.05, 4.69) is 21.5 Å². The number of hydrogen-bond acceptors (Lipinski definition) is 6. The Bertz CT molecular complexity index is 1010. The van der Waals surface area contributed by atoms with Crippen LogP contribution in [0.5, 0.6) is 5.75 Å². The molecule has 1 aromatic carbocycles. The predicted molar refractivity (Wildman–Crippen MR) is 99.2 cm³/mol. The van der Waals surface area contributed by atoms with Gasteiger partial charge in [-0.1, -0.05) is 5.92 Å². The zero-order chi connectivity index (χ0) is 20.0. The summed E-state index contributed by atoms with van der Waals surface area (Å²) in [5.41, 5.74) is 2.26. The maximum Gasteiger partial charge on any atom is 0.276 e. The van der Waals surface area contributed by atoms with Crippen LogP contribution in [0.15, 0.2) is 35.2 Å². The molecule has 0 unspecified atom stereocenters. The van der Waals surface area contributed by atoms with Gasteiger partial charge in [0.15, 0.2) is 0 Å². The van der Waals surface area contributed by atoms with Crippen LogP contribution in [0, 0.1) is 25.7 Å². The Morgan fingerprint density at radius 3 is 2.52 bits per heavy atom. The minimum Gasteiger partial charge on any atom is -0.481 e. The van der Waals surface area contributed by atoms with Crippen LogP contribution in [0.2, 0.25) is 0 Å². The number of carbonyl (C=O) groups excluding carboxylic acids is 1. The fraction of sp³-hybridized carbons (Fsp3) is 0.222. The highest BCUT2D eigenvalue weighted by molar-refractivity contribution is 7.92. The highest BCUT2D eigenvalue weighted by atomic mass is 32.2. The van der Waals surface area contributed by atoms with Gasteiger partial charge in [-0.15, -0.1) is 5.92 Å². The van der Waals surface area contributed by atoms with Crippen LogP contribution in [-0.4, -0.2) is 31.1 Å². The van der Waals surface area contributed by atoms with Crippen LogP contribution in [0.4, 0.5) is 5.69 Å². The molecule has 3 N–H and O–H groups in total. The summed E-state index contributed by atoms with van der Waals surface area (Å²) < 4.78 is 33.1. The summed E-state index contributed by atoms with van der Waals surface area (Å²) in [4.78, 5) is 16.0. The fourth-order valence-corrected chi connectivity index (χ4v) is 3.44. The standard InChI is InChI=1S/C18H19N3O5S/c1-4-5-10-26-14-6-8-15(9-7-14)27(24,25)21-17-13(3)19-12(2)11-16(17)18(22)20-23/h6-9,11,21,23H,10H2,1-3H3,(H,20,22). The molecule has 0 bridgehead atoms. The van der Waals surface area contributed by atoms with Gasteiger partial charge in [0.2, 0.25) is 0 Å². The van der Waals surface area contributed by atoms with Crippen LogP contribution in [-0.2, 0) is 10.0 Å². The average molecular weight is 389 g/mol. The number of aryl methyl sites for hydroxylation is 2. The molecule has 0 fully saturated rings. The molecule has 9 heteroatoms. The van der Waals surface area contributed by atoms with Gasteiger partial charge in [0.1, 0.15) is 12.4 Å². The highest BCUT2D eigenvalue weighted by Gasteiger charge is 2.21. The molecular weight excluding hydrogens is 370 g/mol. The highest BCUT2D eigenvalue weighted by Crippen LogP contribution is 2.25. The van der Waals surface area contributed by atoms with Crippen LogP contribution in [0.3, 0.4) is 0 Å². The van der Waals surface area contributed by atoms with E-state index in [1.54, 1.807) is 20.8 Å². The number of nitrogens with one attached hydrogen (secondary N) is 2.